The fraction of sp³-hybridized carbons (Fsp3) is 0.429. The van der Waals surface area contributed by atoms with E-state index >= 15 is 0 Å². The third-order valence-corrected chi connectivity index (χ3v) is 3.20. The van der Waals surface area contributed by atoms with Crippen LogP contribution in [0.5, 0.6) is 0 Å². The van der Waals surface area contributed by atoms with Crippen LogP contribution in [0.15, 0.2) is 30.5 Å². The van der Waals surface area contributed by atoms with Gasteiger partial charge in [-0.1, -0.05) is 38.0 Å². The summed E-state index contributed by atoms with van der Waals surface area (Å²) in [6.45, 7) is 2.20. The summed E-state index contributed by atoms with van der Waals surface area (Å²) in [4.78, 5) is 0. The van der Waals surface area contributed by atoms with Gasteiger partial charge in [0.15, 0.2) is 0 Å². The van der Waals surface area contributed by atoms with Gasteiger partial charge in [-0.05, 0) is 18.1 Å². The number of aryl methyl sites for hydroxylation is 1. The van der Waals surface area contributed by atoms with Gasteiger partial charge in [-0.25, -0.2) is 0 Å². The van der Waals surface area contributed by atoms with Crippen molar-refractivity contribution < 1.29 is 0 Å². The maximum absolute atomic E-state index is 6.25. The van der Waals surface area contributed by atoms with Gasteiger partial charge in [0.2, 0.25) is 0 Å². The minimum Gasteiger partial charge on any atom is -0.350 e. The van der Waals surface area contributed by atoms with E-state index in [1.807, 2.05) is 0 Å². The summed E-state index contributed by atoms with van der Waals surface area (Å²) < 4.78 is 2.16. The lowest BCUT2D eigenvalue weighted by molar-refractivity contribution is 0.605. The zero-order valence-corrected chi connectivity index (χ0v) is 10.1. The molecule has 0 bridgehead atoms. The summed E-state index contributed by atoms with van der Waals surface area (Å²) in [5.41, 5.74) is 8.80. The van der Waals surface area contributed by atoms with E-state index in [0.29, 0.717) is 0 Å². The van der Waals surface area contributed by atoms with E-state index in [1.54, 1.807) is 0 Å². The second kappa shape index (κ2) is 4.71. The highest BCUT2D eigenvalue weighted by Crippen LogP contribution is 2.27. The van der Waals surface area contributed by atoms with Crippen molar-refractivity contribution in [2.45, 2.75) is 32.2 Å². The molecule has 0 saturated heterocycles. The highest BCUT2D eigenvalue weighted by atomic mass is 14.9. The zero-order valence-electron chi connectivity index (χ0n) is 10.1. The van der Waals surface area contributed by atoms with Gasteiger partial charge >= 0.3 is 0 Å². The molecule has 1 atom stereocenters. The predicted octanol–water partition coefficient (Wildman–Crippen LogP) is 3.37. The Morgan fingerprint density at radius 3 is 2.81 bits per heavy atom. The van der Waals surface area contributed by atoms with E-state index in [2.05, 4.69) is 49.0 Å². The van der Waals surface area contributed by atoms with Crippen molar-refractivity contribution in [2.24, 2.45) is 12.8 Å². The highest BCUT2D eigenvalue weighted by Gasteiger charge is 2.12. The number of nitrogens with two attached hydrogens (primary N) is 1. The molecule has 0 aliphatic heterocycles. The number of hydrogen-bond donors (Lipinski definition) is 1. The second-order valence-corrected chi connectivity index (χ2v) is 4.46. The van der Waals surface area contributed by atoms with E-state index in [1.165, 1.54) is 29.3 Å². The molecule has 2 rings (SSSR count). The van der Waals surface area contributed by atoms with Crippen molar-refractivity contribution in [3.05, 3.63) is 36.0 Å². The molecule has 0 aliphatic rings. The maximum atomic E-state index is 6.25. The van der Waals surface area contributed by atoms with Crippen LogP contribution >= 0.6 is 0 Å². The SMILES string of the molecule is CCCC[C@H](N)c1cn(C)c2ccccc12. The third kappa shape index (κ3) is 1.98. The van der Waals surface area contributed by atoms with Crippen molar-refractivity contribution >= 4 is 10.9 Å². The Morgan fingerprint density at radius 1 is 1.31 bits per heavy atom. The molecule has 0 amide bonds. The number of fused-ring (bicyclic) bond motifs is 1. The number of nitrogens with zero attached hydrogens (tertiary/aromatic N) is 1. The molecular formula is C14H20N2. The van der Waals surface area contributed by atoms with Gasteiger partial charge in [0, 0.05) is 30.2 Å². The molecule has 2 nitrogen and oxygen atoms in total. The van der Waals surface area contributed by atoms with E-state index in [4.69, 9.17) is 5.73 Å². The minimum atomic E-state index is 0.172. The van der Waals surface area contributed by atoms with Crippen molar-refractivity contribution in [1.29, 1.82) is 0 Å². The Kier molecular flexibility index (Phi) is 3.30. The van der Waals surface area contributed by atoms with Crippen LogP contribution in [-0.2, 0) is 7.05 Å². The highest BCUT2D eigenvalue weighted by molar-refractivity contribution is 5.84. The van der Waals surface area contributed by atoms with Gasteiger partial charge in [-0.2, -0.15) is 0 Å². The van der Waals surface area contributed by atoms with Crippen molar-refractivity contribution in [2.75, 3.05) is 0 Å². The largest absolute Gasteiger partial charge is 0.350 e. The van der Waals surface area contributed by atoms with Crippen LogP contribution in [0.4, 0.5) is 0 Å². The van der Waals surface area contributed by atoms with Gasteiger partial charge < -0.3 is 10.3 Å². The van der Waals surface area contributed by atoms with Gasteiger partial charge in [0.1, 0.15) is 0 Å². The Balaban J connectivity index is 2.37. The van der Waals surface area contributed by atoms with Gasteiger partial charge in [-0.15, -0.1) is 0 Å². The number of hydrogen-bond acceptors (Lipinski definition) is 1. The van der Waals surface area contributed by atoms with E-state index in [-0.39, 0.29) is 6.04 Å². The molecule has 0 unspecified atom stereocenters. The van der Waals surface area contributed by atoms with E-state index in [9.17, 15) is 0 Å². The molecule has 2 heteroatoms. The van der Waals surface area contributed by atoms with Gasteiger partial charge in [0.05, 0.1) is 0 Å². The van der Waals surface area contributed by atoms with Crippen LogP contribution in [0.25, 0.3) is 10.9 Å². The molecule has 2 N–H and O–H groups in total. The quantitative estimate of drug-likeness (QED) is 0.834. The fourth-order valence-corrected chi connectivity index (χ4v) is 2.25. The van der Waals surface area contributed by atoms with Gasteiger partial charge in [-0.3, -0.25) is 0 Å². The Morgan fingerprint density at radius 2 is 2.06 bits per heavy atom. The van der Waals surface area contributed by atoms with Crippen LogP contribution in [0.1, 0.15) is 37.8 Å². The van der Waals surface area contributed by atoms with Crippen molar-refractivity contribution in [3.63, 3.8) is 0 Å². The summed E-state index contributed by atoms with van der Waals surface area (Å²) in [6, 6.07) is 8.63. The molecule has 0 fully saturated rings. The number of rotatable bonds is 4. The zero-order chi connectivity index (χ0) is 11.5. The first-order chi connectivity index (χ1) is 7.74. The molecular weight excluding hydrogens is 196 g/mol. The van der Waals surface area contributed by atoms with E-state index in [0.717, 1.165) is 6.42 Å². The predicted molar refractivity (Wildman–Crippen MR) is 69.4 cm³/mol. The van der Waals surface area contributed by atoms with Crippen LogP contribution in [0.2, 0.25) is 0 Å². The smallest absolute Gasteiger partial charge is 0.0481 e. The Hall–Kier alpha value is -1.28. The summed E-state index contributed by atoms with van der Waals surface area (Å²) in [7, 11) is 2.08. The first kappa shape index (κ1) is 11.2. The van der Waals surface area contributed by atoms with Crippen LogP contribution < -0.4 is 5.73 Å². The summed E-state index contributed by atoms with van der Waals surface area (Å²) in [6.07, 6.45) is 5.65. The van der Waals surface area contributed by atoms with Crippen molar-refractivity contribution in [3.8, 4) is 0 Å². The Bertz CT molecular complexity index is 471. The molecule has 2 aromatic rings. The lowest BCUT2D eigenvalue weighted by Gasteiger charge is -2.09. The maximum Gasteiger partial charge on any atom is 0.0481 e. The second-order valence-electron chi connectivity index (χ2n) is 4.46. The number of unbranched alkanes of at least 4 members (excludes halogenated alkanes) is 1. The average molecular weight is 216 g/mol. The lowest BCUT2D eigenvalue weighted by Crippen LogP contribution is -2.09. The first-order valence-corrected chi connectivity index (χ1v) is 6.03. The van der Waals surface area contributed by atoms with Crippen LogP contribution in [0.3, 0.4) is 0 Å². The standard InChI is InChI=1S/C14H20N2/c1-3-4-8-13(15)12-10-16(2)14-9-6-5-7-11(12)14/h5-7,9-10,13H,3-4,8,15H2,1-2H3/t13-/m0/s1. The first-order valence-electron chi connectivity index (χ1n) is 6.03. The topological polar surface area (TPSA) is 30.9 Å². The summed E-state index contributed by atoms with van der Waals surface area (Å²) in [5, 5.41) is 1.30. The van der Waals surface area contributed by atoms with Crippen LogP contribution in [0, 0.1) is 0 Å². The van der Waals surface area contributed by atoms with Crippen LogP contribution in [-0.4, -0.2) is 4.57 Å². The molecule has 0 saturated carbocycles. The lowest BCUT2D eigenvalue weighted by atomic mass is 10.0. The minimum absolute atomic E-state index is 0.172. The monoisotopic (exact) mass is 216 g/mol. The van der Waals surface area contributed by atoms with Gasteiger partial charge in [0.25, 0.3) is 0 Å². The number of benzene rings is 1. The molecule has 1 heterocycles. The molecule has 86 valence electrons. The number of aromatic nitrogens is 1. The van der Waals surface area contributed by atoms with E-state index < -0.39 is 0 Å². The summed E-state index contributed by atoms with van der Waals surface area (Å²) in [5.74, 6) is 0. The molecule has 16 heavy (non-hydrogen) atoms. The van der Waals surface area contributed by atoms with Crippen molar-refractivity contribution in [1.82, 2.24) is 4.57 Å². The molecule has 1 aromatic heterocycles. The normalized spacial score (nSPS) is 13.2. The third-order valence-electron chi connectivity index (χ3n) is 3.20. The fourth-order valence-electron chi connectivity index (χ4n) is 2.25. The molecule has 0 spiro atoms. The molecule has 0 radical (unpaired) electrons. The summed E-state index contributed by atoms with van der Waals surface area (Å²) >= 11 is 0. The Labute approximate surface area is 97.1 Å². The molecule has 0 aliphatic carbocycles. The average Bonchev–Trinajstić information content (AvgIpc) is 2.65. The number of para-hydroxylation sites is 1. The molecule has 1 aromatic carbocycles.